The zero-order chi connectivity index (χ0) is 18.8. The average molecular weight is 372 g/mol. The van der Waals surface area contributed by atoms with Gasteiger partial charge in [0.05, 0.1) is 31.1 Å². The second-order valence-corrected chi connectivity index (χ2v) is 6.62. The third-order valence-corrected chi connectivity index (χ3v) is 4.93. The molecule has 1 saturated heterocycles. The summed E-state index contributed by atoms with van der Waals surface area (Å²) in [5, 5.41) is 2.73. The number of piperidine rings is 1. The Balaban J connectivity index is 1.42. The number of aromatic nitrogens is 2. The number of anilines is 1. The lowest BCUT2D eigenvalue weighted by molar-refractivity contribution is 0.0965. The monoisotopic (exact) mass is 372 g/mol. The number of alkyl halides is 1. The van der Waals surface area contributed by atoms with Gasteiger partial charge in [-0.15, -0.1) is 0 Å². The molecule has 2 aromatic rings. The van der Waals surface area contributed by atoms with E-state index in [0.29, 0.717) is 53.9 Å². The van der Waals surface area contributed by atoms with Crippen LogP contribution in [0.2, 0.25) is 0 Å². The van der Waals surface area contributed by atoms with Crippen molar-refractivity contribution in [1.29, 1.82) is 0 Å². The van der Waals surface area contributed by atoms with Crippen molar-refractivity contribution in [3.63, 3.8) is 0 Å². The molecule has 0 unspecified atom stereocenters. The second kappa shape index (κ2) is 7.38. The minimum atomic E-state index is -0.642. The van der Waals surface area contributed by atoms with Crippen LogP contribution >= 0.6 is 0 Å². The van der Waals surface area contributed by atoms with Crippen LogP contribution in [-0.4, -0.2) is 42.2 Å². The molecule has 0 atom stereocenters. The number of nitrogens with zero attached hydrogens (tertiary/aromatic N) is 3. The van der Waals surface area contributed by atoms with Crippen molar-refractivity contribution in [3.8, 4) is 11.6 Å². The Bertz CT molecular complexity index is 836. The molecule has 0 aromatic carbocycles. The molecular formula is C19H21FN4O3. The highest BCUT2D eigenvalue weighted by atomic mass is 19.1. The maximum atomic E-state index is 13.5. The van der Waals surface area contributed by atoms with Crippen LogP contribution in [0.15, 0.2) is 24.4 Å². The van der Waals surface area contributed by atoms with Crippen molar-refractivity contribution >= 4 is 11.7 Å². The van der Waals surface area contributed by atoms with E-state index in [1.54, 1.807) is 25.4 Å². The van der Waals surface area contributed by atoms with Crippen molar-refractivity contribution in [2.45, 2.75) is 32.2 Å². The van der Waals surface area contributed by atoms with E-state index in [-0.39, 0.29) is 12.0 Å². The molecule has 8 heteroatoms. The molecule has 0 radical (unpaired) electrons. The number of carbonyl (C=O) groups is 1. The first-order valence-electron chi connectivity index (χ1n) is 8.96. The molecule has 4 heterocycles. The highest BCUT2D eigenvalue weighted by Crippen LogP contribution is 2.28. The van der Waals surface area contributed by atoms with Gasteiger partial charge < -0.3 is 19.7 Å². The predicted molar refractivity (Wildman–Crippen MR) is 96.9 cm³/mol. The van der Waals surface area contributed by atoms with Crippen molar-refractivity contribution < 1.29 is 18.7 Å². The number of fused-ring (bicyclic) bond motifs is 1. The van der Waals surface area contributed by atoms with E-state index >= 15 is 0 Å². The molecule has 7 nitrogen and oxygen atoms in total. The number of rotatable bonds is 5. The van der Waals surface area contributed by atoms with E-state index in [2.05, 4.69) is 20.2 Å². The number of hydrogen-bond donors (Lipinski definition) is 1. The van der Waals surface area contributed by atoms with E-state index < -0.39 is 6.67 Å². The molecule has 142 valence electrons. The van der Waals surface area contributed by atoms with Crippen molar-refractivity contribution in [1.82, 2.24) is 15.3 Å². The van der Waals surface area contributed by atoms with Gasteiger partial charge in [0.15, 0.2) is 0 Å². The van der Waals surface area contributed by atoms with Crippen LogP contribution in [0.5, 0.6) is 11.6 Å². The number of halogens is 1. The minimum absolute atomic E-state index is 0.0722. The molecule has 1 N–H and O–H groups in total. The number of amides is 1. The summed E-state index contributed by atoms with van der Waals surface area (Å²) in [5.41, 5.74) is 1.64. The molecule has 0 spiro atoms. The quantitative estimate of drug-likeness (QED) is 0.868. The summed E-state index contributed by atoms with van der Waals surface area (Å²) in [4.78, 5) is 22.5. The van der Waals surface area contributed by atoms with E-state index in [9.17, 15) is 9.18 Å². The van der Waals surface area contributed by atoms with Crippen LogP contribution in [0.4, 0.5) is 10.2 Å². The summed E-state index contributed by atoms with van der Waals surface area (Å²) in [6, 6.07) is 5.23. The first-order valence-corrected chi connectivity index (χ1v) is 8.96. The summed E-state index contributed by atoms with van der Waals surface area (Å²) in [5.74, 6) is 1.71. The minimum Gasteiger partial charge on any atom is -0.489 e. The molecular weight excluding hydrogens is 351 g/mol. The molecule has 2 aliphatic rings. The topological polar surface area (TPSA) is 76.6 Å². The van der Waals surface area contributed by atoms with Gasteiger partial charge in [-0.1, -0.05) is 0 Å². The lowest BCUT2D eigenvalue weighted by atomic mass is 10.1. The van der Waals surface area contributed by atoms with Crippen molar-refractivity contribution in [2.75, 3.05) is 25.1 Å². The Labute approximate surface area is 156 Å². The third-order valence-electron chi connectivity index (χ3n) is 4.93. The summed E-state index contributed by atoms with van der Waals surface area (Å²) < 4.78 is 24.6. The molecule has 1 fully saturated rings. The maximum absolute atomic E-state index is 13.5. The van der Waals surface area contributed by atoms with E-state index in [0.717, 1.165) is 12.8 Å². The molecule has 0 saturated carbocycles. The number of hydrogen-bond acceptors (Lipinski definition) is 6. The fourth-order valence-corrected chi connectivity index (χ4v) is 3.48. The first-order chi connectivity index (χ1) is 13.2. The van der Waals surface area contributed by atoms with E-state index in [1.807, 2.05) is 6.07 Å². The molecule has 0 bridgehead atoms. The van der Waals surface area contributed by atoms with E-state index in [1.165, 1.54) is 0 Å². The molecule has 2 aliphatic heterocycles. The Hall–Kier alpha value is -2.90. The number of pyridine rings is 2. The third kappa shape index (κ3) is 3.51. The highest BCUT2D eigenvalue weighted by molar-refractivity contribution is 5.98. The zero-order valence-corrected chi connectivity index (χ0v) is 15.1. The van der Waals surface area contributed by atoms with Gasteiger partial charge in [-0.05, 0) is 12.1 Å². The van der Waals surface area contributed by atoms with Gasteiger partial charge in [0.1, 0.15) is 24.3 Å². The van der Waals surface area contributed by atoms with Gasteiger partial charge in [-0.25, -0.2) is 14.4 Å². The van der Waals surface area contributed by atoms with Crippen LogP contribution < -0.4 is 19.7 Å². The second-order valence-electron chi connectivity index (χ2n) is 6.62. The summed E-state index contributed by atoms with van der Waals surface area (Å²) in [6.07, 6.45) is 3.32. The smallest absolute Gasteiger partial charge is 0.253 e. The summed E-state index contributed by atoms with van der Waals surface area (Å²) in [6.45, 7) is 1.19. The number of carbonyl (C=O) groups excluding carboxylic acids is 1. The molecule has 0 aliphatic carbocycles. The average Bonchev–Trinajstić information content (AvgIpc) is 3.08. The van der Waals surface area contributed by atoms with Crippen LogP contribution in [0.3, 0.4) is 0 Å². The van der Waals surface area contributed by atoms with Gasteiger partial charge in [0.2, 0.25) is 5.88 Å². The van der Waals surface area contributed by atoms with Gasteiger partial charge >= 0.3 is 0 Å². The number of nitrogens with one attached hydrogen (secondary N) is 1. The predicted octanol–water partition coefficient (Wildman–Crippen LogP) is 2.25. The standard InChI is InChI=1S/C19H21FN4O3/c1-26-17-3-2-14(10-21-17)27-13-4-6-24(7-5-13)18-12(9-20)8-15-16(23-18)11-22-19(15)25/h2-3,8,10,13H,4-7,9,11H2,1H3,(H,22,25). The molecule has 2 aromatic heterocycles. The lowest BCUT2D eigenvalue weighted by Gasteiger charge is -2.34. The van der Waals surface area contributed by atoms with Gasteiger partial charge in [0.25, 0.3) is 5.91 Å². The van der Waals surface area contributed by atoms with Crippen LogP contribution in [0, 0.1) is 0 Å². The van der Waals surface area contributed by atoms with Crippen LogP contribution in [0.25, 0.3) is 0 Å². The van der Waals surface area contributed by atoms with Gasteiger partial charge in [-0.2, -0.15) is 0 Å². The van der Waals surface area contributed by atoms with Crippen LogP contribution in [0.1, 0.15) is 34.5 Å². The number of ether oxygens (including phenoxy) is 2. The molecule has 4 rings (SSSR count). The molecule has 1 amide bonds. The van der Waals surface area contributed by atoms with E-state index in [4.69, 9.17) is 9.47 Å². The van der Waals surface area contributed by atoms with Crippen molar-refractivity contribution in [3.05, 3.63) is 41.2 Å². The Morgan fingerprint density at radius 1 is 1.33 bits per heavy atom. The van der Waals surface area contributed by atoms with Gasteiger partial charge in [-0.3, -0.25) is 4.79 Å². The Kier molecular flexibility index (Phi) is 4.79. The maximum Gasteiger partial charge on any atom is 0.253 e. The zero-order valence-electron chi connectivity index (χ0n) is 15.1. The van der Waals surface area contributed by atoms with Crippen molar-refractivity contribution in [2.24, 2.45) is 0 Å². The Morgan fingerprint density at radius 3 is 2.81 bits per heavy atom. The Morgan fingerprint density at radius 2 is 2.15 bits per heavy atom. The summed E-state index contributed by atoms with van der Waals surface area (Å²) in [7, 11) is 1.57. The van der Waals surface area contributed by atoms with Gasteiger partial charge in [0, 0.05) is 37.6 Å². The fourth-order valence-electron chi connectivity index (χ4n) is 3.48. The SMILES string of the molecule is COc1ccc(OC2CCN(c3nc4c(cc3CF)C(=O)NC4)CC2)cn1. The van der Waals surface area contributed by atoms with Crippen LogP contribution in [-0.2, 0) is 13.2 Å². The first kappa shape index (κ1) is 17.5. The largest absolute Gasteiger partial charge is 0.489 e. The molecule has 27 heavy (non-hydrogen) atoms. The fraction of sp³-hybridized carbons (Fsp3) is 0.421. The number of methoxy groups -OCH3 is 1. The normalized spacial score (nSPS) is 16.8. The summed E-state index contributed by atoms with van der Waals surface area (Å²) >= 11 is 0. The lowest BCUT2D eigenvalue weighted by Crippen LogP contribution is -2.39. The highest BCUT2D eigenvalue weighted by Gasteiger charge is 2.27.